The van der Waals surface area contributed by atoms with Gasteiger partial charge < -0.3 is 5.32 Å². The van der Waals surface area contributed by atoms with Gasteiger partial charge in [-0.1, -0.05) is 19.8 Å². The molecule has 0 bridgehead atoms. The van der Waals surface area contributed by atoms with Crippen LogP contribution in [0.1, 0.15) is 33.6 Å². The number of nitrogens with one attached hydrogen (secondary N) is 1. The lowest BCUT2D eigenvalue weighted by molar-refractivity contribution is 0.538. The Morgan fingerprint density at radius 2 is 2.09 bits per heavy atom. The molecule has 0 aliphatic heterocycles. The van der Waals surface area contributed by atoms with Crippen LogP contribution in [-0.2, 0) is 0 Å². The van der Waals surface area contributed by atoms with Crippen molar-refractivity contribution in [2.45, 2.75) is 33.6 Å². The smallest absolute Gasteiger partial charge is 0.0576 e. The van der Waals surface area contributed by atoms with Crippen molar-refractivity contribution in [3.05, 3.63) is 0 Å². The molecule has 0 amide bonds. The van der Waals surface area contributed by atoms with E-state index in [1.165, 1.54) is 12.8 Å². The Bertz CT molecular complexity index is 128. The highest BCUT2D eigenvalue weighted by molar-refractivity contribution is 4.96. The molecule has 0 fully saturated rings. The Hall–Kier alpha value is -0.480. The maximum Gasteiger partial charge on any atom is 0.0576 e. The third-order valence-electron chi connectivity index (χ3n) is 1.53. The molecule has 0 aromatic heterocycles. The van der Waals surface area contributed by atoms with E-state index in [9.17, 15) is 0 Å². The van der Waals surface area contributed by atoms with E-state index in [2.05, 4.69) is 31.0 Å². The van der Waals surface area contributed by atoms with Crippen molar-refractivity contribution in [3.63, 3.8) is 0 Å². The zero-order valence-electron chi connectivity index (χ0n) is 7.91. The predicted molar refractivity (Wildman–Crippen MR) is 50.4 cm³/mol. The van der Waals surface area contributed by atoms with Gasteiger partial charge in [-0.3, -0.25) is 0 Å². The molecule has 0 aliphatic rings. The fraction of sp³-hybridized carbons (Fsp3) is 0.800. The fourth-order valence-corrected chi connectivity index (χ4v) is 0.875. The molecule has 0 aromatic rings. The second-order valence-electron chi connectivity index (χ2n) is 3.14. The highest BCUT2D eigenvalue weighted by Gasteiger charge is 1.91. The molecule has 0 saturated carbocycles. The summed E-state index contributed by atoms with van der Waals surface area (Å²) in [5.41, 5.74) is 0. The molecule has 0 heterocycles. The van der Waals surface area contributed by atoms with Crippen molar-refractivity contribution in [2.75, 3.05) is 13.1 Å². The van der Waals surface area contributed by atoms with E-state index in [0.29, 0.717) is 0 Å². The van der Waals surface area contributed by atoms with Crippen LogP contribution in [-0.4, -0.2) is 13.1 Å². The maximum atomic E-state index is 3.27. The van der Waals surface area contributed by atoms with Crippen LogP contribution in [0, 0.1) is 17.8 Å². The molecule has 0 spiro atoms. The predicted octanol–water partition coefficient (Wildman–Crippen LogP) is 2.04. The van der Waals surface area contributed by atoms with Gasteiger partial charge in [-0.05, 0) is 32.2 Å². The average molecular weight is 153 g/mol. The topological polar surface area (TPSA) is 12.0 Å². The second-order valence-corrected chi connectivity index (χ2v) is 3.14. The van der Waals surface area contributed by atoms with Crippen molar-refractivity contribution in [2.24, 2.45) is 5.92 Å². The van der Waals surface area contributed by atoms with Crippen LogP contribution in [0.3, 0.4) is 0 Å². The molecular weight excluding hydrogens is 134 g/mol. The Balaban J connectivity index is 2.95. The van der Waals surface area contributed by atoms with Gasteiger partial charge in [-0.25, -0.2) is 0 Å². The normalized spacial score (nSPS) is 9.45. The highest BCUT2D eigenvalue weighted by atomic mass is 14.8. The van der Waals surface area contributed by atoms with Crippen LogP contribution in [0.25, 0.3) is 0 Å². The van der Waals surface area contributed by atoms with Crippen molar-refractivity contribution in [1.29, 1.82) is 0 Å². The highest BCUT2D eigenvalue weighted by Crippen LogP contribution is 2.01. The third kappa shape index (κ3) is 9.52. The molecule has 1 heteroatoms. The quantitative estimate of drug-likeness (QED) is 0.471. The van der Waals surface area contributed by atoms with Gasteiger partial charge in [0.15, 0.2) is 0 Å². The molecule has 1 N–H and O–H groups in total. The van der Waals surface area contributed by atoms with Gasteiger partial charge in [0.05, 0.1) is 6.54 Å². The summed E-state index contributed by atoms with van der Waals surface area (Å²) in [6, 6.07) is 0. The average Bonchev–Trinajstić information content (AvgIpc) is 1.96. The lowest BCUT2D eigenvalue weighted by Crippen LogP contribution is -2.15. The lowest BCUT2D eigenvalue weighted by Gasteiger charge is -2.03. The molecular formula is C10H19N. The Morgan fingerprint density at radius 3 is 2.64 bits per heavy atom. The zero-order valence-corrected chi connectivity index (χ0v) is 7.91. The number of rotatable bonds is 5. The van der Waals surface area contributed by atoms with Crippen molar-refractivity contribution >= 4 is 0 Å². The first kappa shape index (κ1) is 10.5. The summed E-state index contributed by atoms with van der Waals surface area (Å²) in [4.78, 5) is 0. The third-order valence-corrected chi connectivity index (χ3v) is 1.53. The molecule has 0 saturated heterocycles. The zero-order chi connectivity index (χ0) is 8.53. The second kappa shape index (κ2) is 7.63. The molecule has 0 aliphatic carbocycles. The first-order valence-corrected chi connectivity index (χ1v) is 4.37. The summed E-state index contributed by atoms with van der Waals surface area (Å²) in [6.45, 7) is 8.33. The van der Waals surface area contributed by atoms with Crippen LogP contribution in [0.15, 0.2) is 0 Å². The molecule has 0 atom stereocenters. The monoisotopic (exact) mass is 153 g/mol. The first-order valence-electron chi connectivity index (χ1n) is 4.37. The van der Waals surface area contributed by atoms with E-state index in [-0.39, 0.29) is 0 Å². The molecule has 0 radical (unpaired) electrons. The van der Waals surface area contributed by atoms with Gasteiger partial charge in [-0.15, -0.1) is 5.92 Å². The van der Waals surface area contributed by atoms with Crippen LogP contribution in [0.2, 0.25) is 0 Å². The van der Waals surface area contributed by atoms with Gasteiger partial charge >= 0.3 is 0 Å². The summed E-state index contributed by atoms with van der Waals surface area (Å²) >= 11 is 0. The SMILES string of the molecule is CC#CCNCCCC(C)C. The minimum absolute atomic E-state index is 0.828. The van der Waals surface area contributed by atoms with E-state index in [1.54, 1.807) is 0 Å². The minimum atomic E-state index is 0.828. The molecule has 11 heavy (non-hydrogen) atoms. The summed E-state index contributed by atoms with van der Waals surface area (Å²) in [6.07, 6.45) is 2.58. The summed E-state index contributed by atoms with van der Waals surface area (Å²) in [7, 11) is 0. The van der Waals surface area contributed by atoms with Gasteiger partial charge in [-0.2, -0.15) is 0 Å². The maximum absolute atomic E-state index is 3.27. The summed E-state index contributed by atoms with van der Waals surface area (Å²) in [5.74, 6) is 6.66. The molecule has 1 nitrogen and oxygen atoms in total. The van der Waals surface area contributed by atoms with Gasteiger partial charge in [0.25, 0.3) is 0 Å². The minimum Gasteiger partial charge on any atom is -0.306 e. The Kier molecular flexibility index (Phi) is 7.29. The Labute approximate surface area is 70.6 Å². The van der Waals surface area contributed by atoms with Gasteiger partial charge in [0.1, 0.15) is 0 Å². The van der Waals surface area contributed by atoms with E-state index in [0.717, 1.165) is 19.0 Å². The van der Waals surface area contributed by atoms with Crippen molar-refractivity contribution < 1.29 is 0 Å². The van der Waals surface area contributed by atoms with Crippen LogP contribution >= 0.6 is 0 Å². The molecule has 0 unspecified atom stereocenters. The van der Waals surface area contributed by atoms with Crippen LogP contribution in [0.5, 0.6) is 0 Å². The van der Waals surface area contributed by atoms with Crippen LogP contribution < -0.4 is 5.32 Å². The summed E-state index contributed by atoms with van der Waals surface area (Å²) in [5, 5.41) is 3.27. The van der Waals surface area contributed by atoms with E-state index in [4.69, 9.17) is 0 Å². The number of hydrogen-bond donors (Lipinski definition) is 1. The number of hydrogen-bond acceptors (Lipinski definition) is 1. The summed E-state index contributed by atoms with van der Waals surface area (Å²) < 4.78 is 0. The Morgan fingerprint density at radius 1 is 1.36 bits per heavy atom. The largest absolute Gasteiger partial charge is 0.306 e. The van der Waals surface area contributed by atoms with Gasteiger partial charge in [0, 0.05) is 0 Å². The van der Waals surface area contributed by atoms with Crippen LogP contribution in [0.4, 0.5) is 0 Å². The van der Waals surface area contributed by atoms with E-state index >= 15 is 0 Å². The standard InChI is InChI=1S/C10H19N/c1-4-5-8-11-9-6-7-10(2)3/h10-11H,6-9H2,1-3H3. The van der Waals surface area contributed by atoms with Gasteiger partial charge in [0.2, 0.25) is 0 Å². The first-order chi connectivity index (χ1) is 5.27. The molecule has 64 valence electrons. The molecule has 0 aromatic carbocycles. The van der Waals surface area contributed by atoms with E-state index < -0.39 is 0 Å². The van der Waals surface area contributed by atoms with Crippen molar-refractivity contribution in [1.82, 2.24) is 5.32 Å². The lowest BCUT2D eigenvalue weighted by atomic mass is 10.1. The van der Waals surface area contributed by atoms with Crippen molar-refractivity contribution in [3.8, 4) is 11.8 Å². The fourth-order valence-electron chi connectivity index (χ4n) is 0.875. The molecule has 0 rings (SSSR count). The van der Waals surface area contributed by atoms with E-state index in [1.807, 2.05) is 6.92 Å².